The second-order valence-corrected chi connectivity index (χ2v) is 8.36. The van der Waals surface area contributed by atoms with Gasteiger partial charge in [0.2, 0.25) is 0 Å². The van der Waals surface area contributed by atoms with E-state index in [0.29, 0.717) is 37.5 Å². The Bertz CT molecular complexity index is 1270. The largest absolute Gasteiger partial charge is 0.486 e. The van der Waals surface area contributed by atoms with Crippen LogP contribution in [-0.2, 0) is 6.61 Å². The van der Waals surface area contributed by atoms with E-state index in [-0.39, 0.29) is 24.2 Å². The highest BCUT2D eigenvalue weighted by Crippen LogP contribution is 2.25. The molecular formula is C28H25NO4. The summed E-state index contributed by atoms with van der Waals surface area (Å²) in [6, 6.07) is 26.9. The van der Waals surface area contributed by atoms with Gasteiger partial charge in [-0.1, -0.05) is 60.7 Å². The highest BCUT2D eigenvalue weighted by Gasteiger charge is 2.29. The molecule has 0 atom stereocenters. The number of Topliss-reactive ketones (excluding diaryl/α,β-unsaturated/α-hetero) is 1. The maximum absolute atomic E-state index is 12.9. The van der Waals surface area contributed by atoms with Gasteiger partial charge >= 0.3 is 0 Å². The maximum Gasteiger partial charge on any atom is 0.289 e. The minimum atomic E-state index is -0.141. The van der Waals surface area contributed by atoms with Gasteiger partial charge in [0.05, 0.1) is 0 Å². The van der Waals surface area contributed by atoms with E-state index < -0.39 is 0 Å². The van der Waals surface area contributed by atoms with Gasteiger partial charge in [-0.15, -0.1) is 0 Å². The Hall–Kier alpha value is -3.86. The topological polar surface area (TPSA) is 59.8 Å². The van der Waals surface area contributed by atoms with E-state index in [0.717, 1.165) is 22.1 Å². The number of rotatable bonds is 6. The quantitative estimate of drug-likeness (QED) is 0.359. The van der Waals surface area contributed by atoms with Gasteiger partial charge in [-0.3, -0.25) is 9.59 Å². The van der Waals surface area contributed by atoms with E-state index in [4.69, 9.17) is 9.15 Å². The van der Waals surface area contributed by atoms with Gasteiger partial charge in [0, 0.05) is 24.6 Å². The molecule has 1 amide bonds. The Kier molecular flexibility index (Phi) is 5.94. The SMILES string of the molecule is O=C(c1ccccc1)C1CCN(C(=O)c2ccc(COc3ccc4ccccc4c3)o2)CC1. The molecule has 1 saturated heterocycles. The lowest BCUT2D eigenvalue weighted by Gasteiger charge is -2.30. The zero-order valence-corrected chi connectivity index (χ0v) is 18.3. The molecule has 2 heterocycles. The van der Waals surface area contributed by atoms with E-state index in [1.807, 2.05) is 66.7 Å². The van der Waals surface area contributed by atoms with Crippen molar-refractivity contribution in [1.29, 1.82) is 0 Å². The maximum atomic E-state index is 12.9. The molecule has 0 N–H and O–H groups in total. The van der Waals surface area contributed by atoms with Crippen molar-refractivity contribution in [3.05, 3.63) is 102 Å². The predicted octanol–water partition coefficient (Wildman–Crippen LogP) is 5.75. The predicted molar refractivity (Wildman–Crippen MR) is 126 cm³/mol. The number of ether oxygens (including phenoxy) is 1. The number of carbonyl (C=O) groups excluding carboxylic acids is 2. The summed E-state index contributed by atoms with van der Waals surface area (Å²) in [5.74, 6) is 1.63. The third-order valence-corrected chi connectivity index (χ3v) is 6.19. The fraction of sp³-hybridized carbons (Fsp3) is 0.214. The first-order valence-corrected chi connectivity index (χ1v) is 11.3. The number of hydrogen-bond donors (Lipinski definition) is 0. The van der Waals surface area contributed by atoms with E-state index in [2.05, 4.69) is 6.07 Å². The minimum Gasteiger partial charge on any atom is -0.486 e. The van der Waals surface area contributed by atoms with Gasteiger partial charge < -0.3 is 14.1 Å². The lowest BCUT2D eigenvalue weighted by molar-refractivity contribution is 0.0621. The molecule has 4 aromatic rings. The molecule has 3 aromatic carbocycles. The van der Waals surface area contributed by atoms with Gasteiger partial charge in [0.15, 0.2) is 11.5 Å². The Morgan fingerprint density at radius 3 is 2.36 bits per heavy atom. The number of benzene rings is 3. The van der Waals surface area contributed by atoms with Crippen LogP contribution in [0.25, 0.3) is 10.8 Å². The van der Waals surface area contributed by atoms with Crippen LogP contribution in [0, 0.1) is 5.92 Å². The number of amides is 1. The molecule has 5 nitrogen and oxygen atoms in total. The summed E-state index contributed by atoms with van der Waals surface area (Å²) in [7, 11) is 0. The van der Waals surface area contributed by atoms with E-state index >= 15 is 0 Å². The summed E-state index contributed by atoms with van der Waals surface area (Å²) < 4.78 is 11.6. The fourth-order valence-electron chi connectivity index (χ4n) is 4.32. The van der Waals surface area contributed by atoms with Crippen molar-refractivity contribution in [2.75, 3.05) is 13.1 Å². The van der Waals surface area contributed by atoms with Crippen LogP contribution < -0.4 is 4.74 Å². The first-order valence-electron chi connectivity index (χ1n) is 11.3. The summed E-state index contributed by atoms with van der Waals surface area (Å²) >= 11 is 0. The van der Waals surface area contributed by atoms with Gasteiger partial charge in [-0.2, -0.15) is 0 Å². The number of piperidine rings is 1. The molecule has 1 fully saturated rings. The van der Waals surface area contributed by atoms with Gasteiger partial charge in [0.25, 0.3) is 5.91 Å². The number of nitrogens with zero attached hydrogens (tertiary/aromatic N) is 1. The third-order valence-electron chi connectivity index (χ3n) is 6.19. The van der Waals surface area contributed by atoms with Crippen LogP contribution >= 0.6 is 0 Å². The number of carbonyl (C=O) groups is 2. The number of likely N-dealkylation sites (tertiary alicyclic amines) is 1. The number of furan rings is 1. The highest BCUT2D eigenvalue weighted by molar-refractivity contribution is 5.98. The lowest BCUT2D eigenvalue weighted by atomic mass is 9.89. The number of fused-ring (bicyclic) bond motifs is 1. The van der Waals surface area contributed by atoms with Crippen molar-refractivity contribution in [3.63, 3.8) is 0 Å². The van der Waals surface area contributed by atoms with Crippen LogP contribution in [0.1, 0.15) is 39.5 Å². The third kappa shape index (κ3) is 4.67. The molecule has 0 spiro atoms. The molecule has 1 aliphatic rings. The number of hydrogen-bond acceptors (Lipinski definition) is 4. The summed E-state index contributed by atoms with van der Waals surface area (Å²) in [6.45, 7) is 1.34. The Morgan fingerprint density at radius 1 is 0.848 bits per heavy atom. The van der Waals surface area contributed by atoms with Crippen LogP contribution in [-0.4, -0.2) is 29.7 Å². The minimum absolute atomic E-state index is 0.0426. The first kappa shape index (κ1) is 21.0. The average Bonchev–Trinajstić information content (AvgIpc) is 3.36. The van der Waals surface area contributed by atoms with E-state index in [9.17, 15) is 9.59 Å². The van der Waals surface area contributed by atoms with Crippen LogP contribution in [0.15, 0.2) is 89.3 Å². The summed E-state index contributed by atoms with van der Waals surface area (Å²) in [6.07, 6.45) is 1.33. The smallest absolute Gasteiger partial charge is 0.289 e. The zero-order valence-electron chi connectivity index (χ0n) is 18.3. The second kappa shape index (κ2) is 9.33. The molecule has 166 valence electrons. The number of ketones is 1. The molecule has 33 heavy (non-hydrogen) atoms. The van der Waals surface area contributed by atoms with Crippen LogP contribution in [0.3, 0.4) is 0 Å². The first-order chi connectivity index (χ1) is 16.2. The van der Waals surface area contributed by atoms with Crippen LogP contribution in [0.5, 0.6) is 5.75 Å². The Balaban J connectivity index is 1.16. The van der Waals surface area contributed by atoms with Crippen molar-refractivity contribution in [1.82, 2.24) is 4.90 Å². The molecule has 5 rings (SSSR count). The van der Waals surface area contributed by atoms with Crippen molar-refractivity contribution in [2.24, 2.45) is 5.92 Å². The van der Waals surface area contributed by atoms with Crippen molar-refractivity contribution in [3.8, 4) is 5.75 Å². The van der Waals surface area contributed by atoms with E-state index in [1.54, 1.807) is 17.0 Å². The highest BCUT2D eigenvalue weighted by atomic mass is 16.5. The average molecular weight is 440 g/mol. The summed E-state index contributed by atoms with van der Waals surface area (Å²) in [4.78, 5) is 27.3. The molecule has 0 bridgehead atoms. The van der Waals surface area contributed by atoms with Crippen molar-refractivity contribution in [2.45, 2.75) is 19.4 Å². The standard InChI is InChI=1S/C28H25NO4/c30-27(21-7-2-1-3-8-21)22-14-16-29(17-15-22)28(31)26-13-12-25(33-26)19-32-24-11-10-20-6-4-5-9-23(20)18-24/h1-13,18,22H,14-17,19H2. The van der Waals surface area contributed by atoms with Crippen LogP contribution in [0.2, 0.25) is 0 Å². The molecule has 0 aliphatic carbocycles. The second-order valence-electron chi connectivity index (χ2n) is 8.36. The molecule has 0 unspecified atom stereocenters. The Morgan fingerprint density at radius 2 is 1.58 bits per heavy atom. The van der Waals surface area contributed by atoms with Crippen LogP contribution in [0.4, 0.5) is 0 Å². The monoisotopic (exact) mass is 439 g/mol. The molecule has 0 saturated carbocycles. The summed E-state index contributed by atoms with van der Waals surface area (Å²) in [5, 5.41) is 2.27. The van der Waals surface area contributed by atoms with Gasteiger partial charge in [-0.05, 0) is 47.9 Å². The van der Waals surface area contributed by atoms with Gasteiger partial charge in [-0.25, -0.2) is 0 Å². The van der Waals surface area contributed by atoms with Crippen molar-refractivity contribution >= 4 is 22.5 Å². The molecule has 1 aromatic heterocycles. The van der Waals surface area contributed by atoms with Crippen molar-refractivity contribution < 1.29 is 18.7 Å². The lowest BCUT2D eigenvalue weighted by Crippen LogP contribution is -2.40. The molecule has 0 radical (unpaired) electrons. The Labute approximate surface area is 192 Å². The van der Waals surface area contributed by atoms with E-state index in [1.165, 1.54) is 0 Å². The molecule has 5 heteroatoms. The molecular weight excluding hydrogens is 414 g/mol. The molecule has 1 aliphatic heterocycles. The fourth-order valence-corrected chi connectivity index (χ4v) is 4.32. The normalized spacial score (nSPS) is 14.4. The summed E-state index contributed by atoms with van der Waals surface area (Å²) in [5.41, 5.74) is 0.740. The van der Waals surface area contributed by atoms with Gasteiger partial charge in [0.1, 0.15) is 18.1 Å². The zero-order chi connectivity index (χ0) is 22.6.